The molecule has 1 fully saturated rings. The van der Waals surface area contributed by atoms with Gasteiger partial charge in [-0.05, 0) is 55.5 Å². The Kier molecular flexibility index (Phi) is 8.32. The molecule has 11 heteroatoms. The van der Waals surface area contributed by atoms with Crippen molar-refractivity contribution in [3.8, 4) is 5.75 Å². The van der Waals surface area contributed by atoms with E-state index in [1.165, 1.54) is 6.07 Å². The molecule has 0 radical (unpaired) electrons. The lowest BCUT2D eigenvalue weighted by Gasteiger charge is -2.32. The van der Waals surface area contributed by atoms with E-state index in [9.17, 15) is 22.8 Å². The topological polar surface area (TPSA) is 85.7 Å². The van der Waals surface area contributed by atoms with Crippen LogP contribution in [0.4, 0.5) is 13.2 Å². The van der Waals surface area contributed by atoms with Gasteiger partial charge in [0.25, 0.3) is 11.8 Å². The lowest BCUT2D eigenvalue weighted by Crippen LogP contribution is -2.39. The summed E-state index contributed by atoms with van der Waals surface area (Å²) in [5, 5.41) is 8.39. The Morgan fingerprint density at radius 3 is 2.57 bits per heavy atom. The second-order valence-electron chi connectivity index (χ2n) is 9.03. The first-order valence-corrected chi connectivity index (χ1v) is 12.0. The number of carbonyl (C=O) groups is 2. The van der Waals surface area contributed by atoms with Gasteiger partial charge >= 0.3 is 6.61 Å². The van der Waals surface area contributed by atoms with Crippen LogP contribution in [0, 0.1) is 18.7 Å². The summed E-state index contributed by atoms with van der Waals surface area (Å²) in [5.41, 5.74) is 2.08. The van der Waals surface area contributed by atoms with E-state index in [1.807, 2.05) is 23.9 Å². The van der Waals surface area contributed by atoms with Gasteiger partial charge in [-0.3, -0.25) is 14.3 Å². The predicted molar refractivity (Wildman–Crippen MR) is 130 cm³/mol. The minimum atomic E-state index is -3.07. The SMILES string of the molecule is COCCNC(=O)c1ccc2nn(CC3CCN(C(=O)c4ccc(OC(F)F)cc4F)CC3)cc2c1C. The molecule has 1 aliphatic heterocycles. The highest BCUT2D eigenvalue weighted by Gasteiger charge is 2.26. The summed E-state index contributed by atoms with van der Waals surface area (Å²) in [5.74, 6) is -1.59. The van der Waals surface area contributed by atoms with Gasteiger partial charge in [-0.15, -0.1) is 0 Å². The number of likely N-dealkylation sites (tertiary alicyclic amines) is 1. The highest BCUT2D eigenvalue weighted by Crippen LogP contribution is 2.26. The third-order valence-corrected chi connectivity index (χ3v) is 6.59. The number of rotatable bonds is 9. The van der Waals surface area contributed by atoms with Crippen LogP contribution in [0.15, 0.2) is 36.5 Å². The first kappa shape index (κ1) is 26.5. The van der Waals surface area contributed by atoms with Crippen molar-refractivity contribution >= 4 is 22.7 Å². The summed E-state index contributed by atoms with van der Waals surface area (Å²) in [4.78, 5) is 26.8. The van der Waals surface area contributed by atoms with Crippen LogP contribution in [0.25, 0.3) is 10.9 Å². The van der Waals surface area contributed by atoms with E-state index in [0.717, 1.165) is 28.6 Å². The molecule has 2 heterocycles. The highest BCUT2D eigenvalue weighted by molar-refractivity contribution is 6.00. The van der Waals surface area contributed by atoms with Gasteiger partial charge in [0.05, 0.1) is 17.7 Å². The molecular weight excluding hydrogens is 489 g/mol. The standard InChI is InChI=1S/C26H29F3N4O4/c1-16-19(24(34)30-9-12-36-2)5-6-23-21(16)15-33(31-23)14-17-7-10-32(11-8-17)25(35)20-4-3-18(13-22(20)27)37-26(28)29/h3-6,13,15,17,26H,7-12,14H2,1-2H3,(H,30,34). The molecule has 1 aromatic heterocycles. The van der Waals surface area contributed by atoms with E-state index in [2.05, 4.69) is 15.2 Å². The maximum absolute atomic E-state index is 14.3. The van der Waals surface area contributed by atoms with Crippen molar-refractivity contribution in [2.75, 3.05) is 33.4 Å². The zero-order chi connectivity index (χ0) is 26.5. The van der Waals surface area contributed by atoms with Crippen molar-refractivity contribution in [3.63, 3.8) is 0 Å². The van der Waals surface area contributed by atoms with Gasteiger partial charge in [-0.25, -0.2) is 4.39 Å². The van der Waals surface area contributed by atoms with Crippen LogP contribution in [-0.4, -0.2) is 66.5 Å². The number of carbonyl (C=O) groups excluding carboxylic acids is 2. The van der Waals surface area contributed by atoms with Gasteiger partial charge in [-0.1, -0.05) is 0 Å². The number of alkyl halides is 2. The quantitative estimate of drug-likeness (QED) is 0.433. The van der Waals surface area contributed by atoms with Gasteiger partial charge in [0, 0.05) is 56.5 Å². The molecule has 2 aromatic carbocycles. The Morgan fingerprint density at radius 2 is 1.89 bits per heavy atom. The molecule has 0 atom stereocenters. The van der Waals surface area contributed by atoms with Crippen molar-refractivity contribution in [2.45, 2.75) is 32.9 Å². The molecule has 3 aromatic rings. The number of aromatic nitrogens is 2. The fraction of sp³-hybridized carbons (Fsp3) is 0.423. The van der Waals surface area contributed by atoms with Crippen molar-refractivity contribution in [1.29, 1.82) is 0 Å². The van der Waals surface area contributed by atoms with E-state index in [1.54, 1.807) is 18.1 Å². The van der Waals surface area contributed by atoms with Crippen molar-refractivity contribution < 1.29 is 32.2 Å². The fourth-order valence-corrected chi connectivity index (χ4v) is 4.58. The number of piperidine rings is 1. The maximum Gasteiger partial charge on any atom is 0.387 e. The Hall–Kier alpha value is -3.60. The maximum atomic E-state index is 14.3. The minimum absolute atomic E-state index is 0.158. The van der Waals surface area contributed by atoms with Gasteiger partial charge in [0.2, 0.25) is 0 Å². The zero-order valence-electron chi connectivity index (χ0n) is 20.7. The third kappa shape index (κ3) is 6.22. The van der Waals surface area contributed by atoms with Crippen molar-refractivity contribution in [1.82, 2.24) is 20.0 Å². The first-order chi connectivity index (χ1) is 17.8. The molecule has 0 unspecified atom stereocenters. The van der Waals surface area contributed by atoms with Crippen molar-refractivity contribution in [2.24, 2.45) is 5.92 Å². The van der Waals surface area contributed by atoms with Crippen LogP contribution in [0.5, 0.6) is 5.75 Å². The second-order valence-corrected chi connectivity index (χ2v) is 9.03. The van der Waals surface area contributed by atoms with Gasteiger partial charge in [0.15, 0.2) is 0 Å². The van der Waals surface area contributed by atoms with Crippen LogP contribution in [0.1, 0.15) is 39.1 Å². The molecule has 0 aliphatic carbocycles. The Balaban J connectivity index is 1.36. The van der Waals surface area contributed by atoms with Gasteiger partial charge < -0.3 is 19.7 Å². The molecule has 2 amide bonds. The largest absolute Gasteiger partial charge is 0.435 e. The monoisotopic (exact) mass is 518 g/mol. The summed E-state index contributed by atoms with van der Waals surface area (Å²) in [6, 6.07) is 6.73. The number of benzene rings is 2. The smallest absolute Gasteiger partial charge is 0.387 e. The summed E-state index contributed by atoms with van der Waals surface area (Å²) in [6.45, 7) is 1.25. The summed E-state index contributed by atoms with van der Waals surface area (Å²) < 4.78 is 50.0. The molecule has 0 spiro atoms. The number of nitrogens with one attached hydrogen (secondary N) is 1. The van der Waals surface area contributed by atoms with E-state index < -0.39 is 18.3 Å². The Bertz CT molecular complexity index is 1270. The molecule has 1 saturated heterocycles. The first-order valence-electron chi connectivity index (χ1n) is 12.0. The number of hydrogen-bond donors (Lipinski definition) is 1. The summed E-state index contributed by atoms with van der Waals surface area (Å²) >= 11 is 0. The normalized spacial score (nSPS) is 14.4. The summed E-state index contributed by atoms with van der Waals surface area (Å²) in [7, 11) is 1.58. The second kappa shape index (κ2) is 11.6. The average molecular weight is 519 g/mol. The number of methoxy groups -OCH3 is 1. The summed E-state index contributed by atoms with van der Waals surface area (Å²) in [6.07, 6.45) is 3.36. The van der Waals surface area contributed by atoms with Gasteiger partial charge in [0.1, 0.15) is 11.6 Å². The molecular formula is C26H29F3N4O4. The number of aryl methyl sites for hydroxylation is 1. The average Bonchev–Trinajstić information content (AvgIpc) is 3.27. The number of hydrogen-bond acceptors (Lipinski definition) is 5. The minimum Gasteiger partial charge on any atom is -0.435 e. The van der Waals surface area contributed by atoms with E-state index in [0.29, 0.717) is 51.2 Å². The third-order valence-electron chi connectivity index (χ3n) is 6.59. The molecule has 1 N–H and O–H groups in total. The van der Waals surface area contributed by atoms with Crippen LogP contribution >= 0.6 is 0 Å². The van der Waals surface area contributed by atoms with E-state index in [4.69, 9.17) is 4.74 Å². The lowest BCUT2D eigenvalue weighted by atomic mass is 9.96. The molecule has 1 aliphatic rings. The molecule has 0 saturated carbocycles. The number of ether oxygens (including phenoxy) is 2. The number of fused-ring (bicyclic) bond motifs is 1. The highest BCUT2D eigenvalue weighted by atomic mass is 19.3. The predicted octanol–water partition coefficient (Wildman–Crippen LogP) is 4.01. The Labute approximate surface area is 212 Å². The van der Waals surface area contributed by atoms with Gasteiger partial charge in [-0.2, -0.15) is 13.9 Å². The molecule has 8 nitrogen and oxygen atoms in total. The Morgan fingerprint density at radius 1 is 1.16 bits per heavy atom. The fourth-order valence-electron chi connectivity index (χ4n) is 4.58. The van der Waals surface area contributed by atoms with E-state index in [-0.39, 0.29) is 23.1 Å². The molecule has 4 rings (SSSR count). The number of amides is 2. The van der Waals surface area contributed by atoms with Crippen LogP contribution in [0.3, 0.4) is 0 Å². The van der Waals surface area contributed by atoms with E-state index >= 15 is 0 Å². The number of nitrogens with zero attached hydrogens (tertiary/aromatic N) is 3. The van der Waals surface area contributed by atoms with Crippen LogP contribution in [0.2, 0.25) is 0 Å². The molecule has 198 valence electrons. The zero-order valence-corrected chi connectivity index (χ0v) is 20.7. The van der Waals surface area contributed by atoms with Crippen LogP contribution in [-0.2, 0) is 11.3 Å². The molecule has 37 heavy (non-hydrogen) atoms. The number of halogens is 3. The van der Waals surface area contributed by atoms with Crippen molar-refractivity contribution in [3.05, 3.63) is 59.0 Å². The van der Waals surface area contributed by atoms with Crippen LogP contribution < -0.4 is 10.1 Å². The molecule has 0 bridgehead atoms. The lowest BCUT2D eigenvalue weighted by molar-refractivity contribution is -0.0500.